The molecule has 1 aliphatic carbocycles. The fraction of sp³-hybridized carbons (Fsp3) is 0.579. The van der Waals surface area contributed by atoms with Crippen LogP contribution in [0.2, 0.25) is 0 Å². The number of nitrogens with two attached hydrogens (primary N) is 1. The van der Waals surface area contributed by atoms with E-state index in [0.29, 0.717) is 25.2 Å². The van der Waals surface area contributed by atoms with Gasteiger partial charge in [-0.25, -0.2) is 14.2 Å². The van der Waals surface area contributed by atoms with Crippen LogP contribution in [0.25, 0.3) is 0 Å². The molecule has 1 aromatic rings. The summed E-state index contributed by atoms with van der Waals surface area (Å²) in [4.78, 5) is 45.6. The first-order valence-electron chi connectivity index (χ1n) is 9.79. The lowest BCUT2D eigenvalue weighted by Gasteiger charge is -2.46. The summed E-state index contributed by atoms with van der Waals surface area (Å²) in [6, 6.07) is 0.364. The largest absolute Gasteiger partial charge is 0.479 e. The number of carbonyl (C=O) groups is 3. The fourth-order valence-electron chi connectivity index (χ4n) is 4.31. The molecule has 1 saturated heterocycles. The molecule has 2 aliphatic heterocycles. The predicted molar refractivity (Wildman–Crippen MR) is 101 cm³/mol. The molecule has 4 rings (SSSR count). The molecule has 156 valence electrons. The number of Topliss-reactive ketones (excluding diaryl/α,β-unsaturated/α-hetero) is 1. The number of halogens is 1. The summed E-state index contributed by atoms with van der Waals surface area (Å²) in [6.07, 6.45) is 3.22. The van der Waals surface area contributed by atoms with Crippen LogP contribution in [0.15, 0.2) is 12.3 Å². The highest BCUT2D eigenvalue weighted by molar-refractivity contribution is 6.20. The number of carbonyl (C=O) groups excluding carboxylic acids is 2. The summed E-state index contributed by atoms with van der Waals surface area (Å²) in [5.74, 6) is -2.81. The normalized spacial score (nSPS) is 28.2. The van der Waals surface area contributed by atoms with Gasteiger partial charge in [-0.2, -0.15) is 0 Å². The molecule has 9 nitrogen and oxygen atoms in total. The number of nitrogens with zero attached hydrogens (tertiary/aromatic N) is 3. The van der Waals surface area contributed by atoms with Crippen molar-refractivity contribution >= 4 is 23.5 Å². The lowest BCUT2D eigenvalue weighted by Crippen LogP contribution is -2.71. The third kappa shape index (κ3) is 3.16. The SMILES string of the molecule is C[C@H](N)C(=O)NC1CCCN1C1(C(=O)O)CN(C2CC2)c2ncc(F)cc2C1=O. The number of pyridine rings is 1. The van der Waals surface area contributed by atoms with Gasteiger partial charge in [-0.15, -0.1) is 0 Å². The maximum atomic E-state index is 13.9. The smallest absolute Gasteiger partial charge is 0.334 e. The Morgan fingerprint density at radius 2 is 2.14 bits per heavy atom. The Kier molecular flexibility index (Phi) is 4.78. The Balaban J connectivity index is 1.78. The molecule has 2 unspecified atom stereocenters. The van der Waals surface area contributed by atoms with Crippen molar-refractivity contribution in [2.75, 3.05) is 18.0 Å². The fourth-order valence-corrected chi connectivity index (χ4v) is 4.31. The van der Waals surface area contributed by atoms with Gasteiger partial charge in [-0.05, 0) is 38.7 Å². The van der Waals surface area contributed by atoms with Gasteiger partial charge in [-0.1, -0.05) is 0 Å². The van der Waals surface area contributed by atoms with E-state index in [1.807, 2.05) is 0 Å². The van der Waals surface area contributed by atoms with Crippen molar-refractivity contribution in [1.82, 2.24) is 15.2 Å². The quantitative estimate of drug-likeness (QED) is 0.588. The van der Waals surface area contributed by atoms with Crippen LogP contribution >= 0.6 is 0 Å². The Morgan fingerprint density at radius 3 is 2.76 bits per heavy atom. The van der Waals surface area contributed by atoms with Gasteiger partial charge in [0.15, 0.2) is 5.78 Å². The molecular weight excluding hydrogens is 381 g/mol. The van der Waals surface area contributed by atoms with Crippen LogP contribution in [0.1, 0.15) is 43.0 Å². The summed E-state index contributed by atoms with van der Waals surface area (Å²) in [5.41, 5.74) is 3.67. The maximum absolute atomic E-state index is 13.9. The van der Waals surface area contributed by atoms with Gasteiger partial charge in [0.2, 0.25) is 11.4 Å². The molecule has 1 saturated carbocycles. The molecule has 0 radical (unpaired) electrons. The summed E-state index contributed by atoms with van der Waals surface area (Å²) in [6.45, 7) is 1.76. The summed E-state index contributed by atoms with van der Waals surface area (Å²) < 4.78 is 13.9. The van der Waals surface area contributed by atoms with Crippen molar-refractivity contribution in [3.63, 3.8) is 0 Å². The minimum atomic E-state index is -1.93. The van der Waals surface area contributed by atoms with Crippen LogP contribution < -0.4 is 16.0 Å². The molecule has 0 aromatic carbocycles. The molecule has 3 aliphatic rings. The van der Waals surface area contributed by atoms with Gasteiger partial charge in [0, 0.05) is 12.6 Å². The van der Waals surface area contributed by atoms with Crippen LogP contribution in [0.5, 0.6) is 0 Å². The zero-order valence-electron chi connectivity index (χ0n) is 16.1. The van der Waals surface area contributed by atoms with E-state index in [1.54, 1.807) is 4.90 Å². The number of anilines is 1. The first-order valence-corrected chi connectivity index (χ1v) is 9.79. The van der Waals surface area contributed by atoms with E-state index < -0.39 is 41.2 Å². The van der Waals surface area contributed by atoms with E-state index in [-0.39, 0.29) is 18.2 Å². The zero-order valence-corrected chi connectivity index (χ0v) is 16.1. The van der Waals surface area contributed by atoms with E-state index >= 15 is 0 Å². The topological polar surface area (TPSA) is 129 Å². The van der Waals surface area contributed by atoms with Crippen molar-refractivity contribution in [3.05, 3.63) is 23.6 Å². The number of carboxylic acids is 1. The lowest BCUT2D eigenvalue weighted by atomic mass is 9.83. The molecule has 0 spiro atoms. The molecule has 1 amide bonds. The molecule has 3 heterocycles. The molecule has 0 bridgehead atoms. The highest BCUT2D eigenvalue weighted by atomic mass is 19.1. The molecule has 3 atom stereocenters. The average Bonchev–Trinajstić information content (AvgIpc) is 3.41. The zero-order chi connectivity index (χ0) is 20.9. The van der Waals surface area contributed by atoms with Crippen molar-refractivity contribution in [2.45, 2.75) is 56.4 Å². The van der Waals surface area contributed by atoms with Crippen molar-refractivity contribution < 1.29 is 23.9 Å². The van der Waals surface area contributed by atoms with Crippen LogP contribution in [-0.4, -0.2) is 69.5 Å². The maximum Gasteiger partial charge on any atom is 0.334 e. The number of carboxylic acid groups (broad SMARTS) is 1. The number of amides is 1. The summed E-state index contributed by atoms with van der Waals surface area (Å²) in [5, 5.41) is 13.0. The van der Waals surface area contributed by atoms with Gasteiger partial charge in [0.25, 0.3) is 0 Å². The number of rotatable bonds is 5. The second-order valence-corrected chi connectivity index (χ2v) is 8.03. The van der Waals surface area contributed by atoms with E-state index in [2.05, 4.69) is 10.3 Å². The first kappa shape index (κ1) is 19.7. The van der Waals surface area contributed by atoms with Gasteiger partial charge < -0.3 is 21.1 Å². The van der Waals surface area contributed by atoms with Crippen LogP contribution in [0, 0.1) is 5.82 Å². The standard InChI is InChI=1S/C19H24FN5O4/c1-10(21)17(27)23-14-3-2-6-25(14)19(18(28)29)9-24(12-4-5-12)16-13(15(19)26)7-11(20)8-22-16/h7-8,10,12,14H,2-6,9,21H2,1H3,(H,23,27)(H,28,29)/t10-,14?,19?/m0/s1. The Labute approximate surface area is 167 Å². The van der Waals surface area contributed by atoms with Crippen LogP contribution in [-0.2, 0) is 9.59 Å². The number of likely N-dealkylation sites (tertiary alicyclic amines) is 1. The molecule has 2 fully saturated rings. The van der Waals surface area contributed by atoms with Crippen LogP contribution in [0.4, 0.5) is 10.2 Å². The van der Waals surface area contributed by atoms with E-state index in [1.165, 1.54) is 11.8 Å². The first-order chi connectivity index (χ1) is 13.8. The highest BCUT2D eigenvalue weighted by Gasteiger charge is 2.60. The van der Waals surface area contributed by atoms with Gasteiger partial charge >= 0.3 is 5.97 Å². The molecular formula is C19H24FN5O4. The third-order valence-corrected chi connectivity index (χ3v) is 5.93. The van der Waals surface area contributed by atoms with E-state index in [0.717, 1.165) is 25.1 Å². The summed E-state index contributed by atoms with van der Waals surface area (Å²) >= 11 is 0. The van der Waals surface area contributed by atoms with Gasteiger partial charge in [-0.3, -0.25) is 14.5 Å². The monoisotopic (exact) mass is 405 g/mol. The summed E-state index contributed by atoms with van der Waals surface area (Å²) in [7, 11) is 0. The Hall–Kier alpha value is -2.59. The highest BCUT2D eigenvalue weighted by Crippen LogP contribution is 2.42. The molecule has 1 aromatic heterocycles. The number of hydrogen-bond acceptors (Lipinski definition) is 7. The van der Waals surface area contributed by atoms with Crippen molar-refractivity contribution in [3.8, 4) is 0 Å². The minimum Gasteiger partial charge on any atom is -0.479 e. The van der Waals surface area contributed by atoms with Crippen molar-refractivity contribution in [2.24, 2.45) is 5.73 Å². The Morgan fingerprint density at radius 1 is 1.41 bits per heavy atom. The van der Waals surface area contributed by atoms with Crippen molar-refractivity contribution in [1.29, 1.82) is 0 Å². The number of fused-ring (bicyclic) bond motifs is 1. The number of aromatic nitrogens is 1. The minimum absolute atomic E-state index is 0.0327. The second kappa shape index (κ2) is 7.03. The number of aliphatic carboxylic acids is 1. The molecule has 29 heavy (non-hydrogen) atoms. The third-order valence-electron chi connectivity index (χ3n) is 5.93. The van der Waals surface area contributed by atoms with E-state index in [4.69, 9.17) is 5.73 Å². The number of hydrogen-bond donors (Lipinski definition) is 3. The number of ketones is 1. The lowest BCUT2D eigenvalue weighted by molar-refractivity contribution is -0.149. The average molecular weight is 405 g/mol. The van der Waals surface area contributed by atoms with Gasteiger partial charge in [0.1, 0.15) is 11.6 Å². The van der Waals surface area contributed by atoms with Crippen LogP contribution in [0.3, 0.4) is 0 Å². The van der Waals surface area contributed by atoms with E-state index in [9.17, 15) is 23.9 Å². The predicted octanol–water partition coefficient (Wildman–Crippen LogP) is 0.0945. The Bertz CT molecular complexity index is 874. The second-order valence-electron chi connectivity index (χ2n) is 8.03. The van der Waals surface area contributed by atoms with Gasteiger partial charge in [0.05, 0.1) is 30.5 Å². The number of nitrogens with one attached hydrogen (secondary N) is 1. The molecule has 10 heteroatoms. The molecule has 4 N–H and O–H groups in total.